The third-order valence-corrected chi connectivity index (χ3v) is 10.3. The molecular weight excluding hydrogens is 400 g/mol. The van der Waals surface area contributed by atoms with Crippen LogP contribution < -0.4 is 0 Å². The van der Waals surface area contributed by atoms with E-state index in [2.05, 4.69) is 27.7 Å². The van der Waals surface area contributed by atoms with Crippen LogP contribution in [0.25, 0.3) is 0 Å². The quantitative estimate of drug-likeness (QED) is 0.524. The van der Waals surface area contributed by atoms with E-state index >= 15 is 0 Å². The molecule has 0 aromatic heterocycles. The van der Waals surface area contributed by atoms with Crippen molar-refractivity contribution in [1.29, 1.82) is 0 Å². The highest BCUT2D eigenvalue weighted by Crippen LogP contribution is 2.54. The summed E-state index contributed by atoms with van der Waals surface area (Å²) >= 11 is 0. The first-order valence-electron chi connectivity index (χ1n) is 12.9. The summed E-state index contributed by atoms with van der Waals surface area (Å²) in [5, 5.41) is 0. The fourth-order valence-electron chi connectivity index (χ4n) is 7.49. The van der Waals surface area contributed by atoms with Gasteiger partial charge in [0.25, 0.3) is 0 Å². The first-order valence-corrected chi connectivity index (χ1v) is 12.9. The first-order chi connectivity index (χ1) is 14.9. The first kappa shape index (κ1) is 25.3. The van der Waals surface area contributed by atoms with Gasteiger partial charge in [0.2, 0.25) is 0 Å². The Bertz CT molecular complexity index is 705. The van der Waals surface area contributed by atoms with Crippen LogP contribution in [0.5, 0.6) is 0 Å². The third kappa shape index (κ3) is 4.94. The fourth-order valence-corrected chi connectivity index (χ4v) is 7.49. The maximum Gasteiger partial charge on any atom is 0.136 e. The summed E-state index contributed by atoms with van der Waals surface area (Å²) in [6.45, 7) is 12.2. The lowest BCUT2D eigenvalue weighted by atomic mass is 9.54. The van der Waals surface area contributed by atoms with Gasteiger partial charge in [0, 0.05) is 36.5 Å². The number of carbonyl (C=O) groups is 4. The zero-order valence-corrected chi connectivity index (χ0v) is 21.2. The number of Topliss-reactive ketones (excluding diaryl/α,β-unsaturated/α-hetero) is 4. The minimum atomic E-state index is 0.167. The largest absolute Gasteiger partial charge is 0.300 e. The van der Waals surface area contributed by atoms with Crippen molar-refractivity contribution in [3.63, 3.8) is 0 Å². The van der Waals surface area contributed by atoms with Gasteiger partial charge in [-0.05, 0) is 87.9 Å². The molecule has 0 aliphatic heterocycles. The zero-order chi connectivity index (χ0) is 23.8. The second-order valence-electron chi connectivity index (χ2n) is 12.2. The topological polar surface area (TPSA) is 68.3 Å². The minimum Gasteiger partial charge on any atom is -0.300 e. The van der Waals surface area contributed by atoms with Crippen molar-refractivity contribution in [1.82, 2.24) is 0 Å². The van der Waals surface area contributed by atoms with Crippen LogP contribution in [-0.4, -0.2) is 23.1 Å². The second kappa shape index (κ2) is 9.50. The molecule has 0 aromatic carbocycles. The van der Waals surface area contributed by atoms with E-state index in [1.54, 1.807) is 13.8 Å². The molecule has 180 valence electrons. The van der Waals surface area contributed by atoms with Gasteiger partial charge in [-0.3, -0.25) is 19.2 Å². The Morgan fingerprint density at radius 2 is 1.03 bits per heavy atom. The average molecular weight is 445 g/mol. The van der Waals surface area contributed by atoms with Gasteiger partial charge in [-0.1, -0.05) is 27.7 Å². The lowest BCUT2D eigenvalue weighted by molar-refractivity contribution is -0.137. The Kier molecular flexibility index (Phi) is 7.52. The summed E-state index contributed by atoms with van der Waals surface area (Å²) in [7, 11) is 0. The van der Waals surface area contributed by atoms with E-state index in [0.717, 1.165) is 64.2 Å². The molecule has 0 bridgehead atoms. The molecule has 8 atom stereocenters. The highest BCUT2D eigenvalue weighted by molar-refractivity contribution is 5.83. The Labute approximate surface area is 194 Å². The number of ketones is 4. The molecule has 32 heavy (non-hydrogen) atoms. The second-order valence-corrected chi connectivity index (χ2v) is 12.2. The molecule has 4 aliphatic rings. The number of carbonyl (C=O) groups excluding carboxylic acids is 4. The van der Waals surface area contributed by atoms with Gasteiger partial charge in [-0.2, -0.15) is 0 Å². The normalized spacial score (nSPS) is 43.9. The monoisotopic (exact) mass is 444 g/mol. The van der Waals surface area contributed by atoms with Crippen LogP contribution in [0.3, 0.4) is 0 Å². The number of rotatable bonds is 2. The van der Waals surface area contributed by atoms with Crippen molar-refractivity contribution in [2.45, 2.75) is 106 Å². The van der Waals surface area contributed by atoms with Crippen molar-refractivity contribution in [2.75, 3.05) is 0 Å². The Morgan fingerprint density at radius 1 is 0.688 bits per heavy atom. The van der Waals surface area contributed by atoms with Gasteiger partial charge in [-0.25, -0.2) is 0 Å². The smallest absolute Gasteiger partial charge is 0.136 e. The van der Waals surface area contributed by atoms with Crippen molar-refractivity contribution in [3.05, 3.63) is 0 Å². The van der Waals surface area contributed by atoms with Crippen LogP contribution in [0.15, 0.2) is 0 Å². The molecule has 0 amide bonds. The van der Waals surface area contributed by atoms with Crippen molar-refractivity contribution in [2.24, 2.45) is 46.3 Å². The molecule has 0 spiro atoms. The average Bonchev–Trinajstić information content (AvgIpc) is 2.74. The highest BCUT2D eigenvalue weighted by atomic mass is 16.1. The van der Waals surface area contributed by atoms with Crippen LogP contribution >= 0.6 is 0 Å². The lowest BCUT2D eigenvalue weighted by Gasteiger charge is -2.49. The van der Waals surface area contributed by atoms with Gasteiger partial charge in [0.15, 0.2) is 0 Å². The number of hydrogen-bond donors (Lipinski definition) is 0. The van der Waals surface area contributed by atoms with E-state index in [1.165, 1.54) is 0 Å². The summed E-state index contributed by atoms with van der Waals surface area (Å²) in [4.78, 5) is 46.5. The Hall–Kier alpha value is -1.32. The lowest BCUT2D eigenvalue weighted by Crippen LogP contribution is -2.45. The van der Waals surface area contributed by atoms with E-state index in [-0.39, 0.29) is 23.7 Å². The van der Waals surface area contributed by atoms with Gasteiger partial charge in [0.05, 0.1) is 0 Å². The van der Waals surface area contributed by atoms with Gasteiger partial charge < -0.3 is 0 Å². The van der Waals surface area contributed by atoms with E-state index in [1.807, 2.05) is 0 Å². The molecule has 4 aliphatic carbocycles. The van der Waals surface area contributed by atoms with Crippen LogP contribution in [0, 0.1) is 46.3 Å². The van der Waals surface area contributed by atoms with Crippen LogP contribution in [0.4, 0.5) is 0 Å². The SMILES string of the molecule is CC(=O)C1CCC2(C)CCC(=O)C(C)C2C1.CC(=O)C1CCC2(C)CCC(=O)C(C)C2C1. The maximum absolute atomic E-state index is 11.8. The van der Waals surface area contributed by atoms with Crippen LogP contribution in [0.2, 0.25) is 0 Å². The molecule has 4 rings (SSSR count). The van der Waals surface area contributed by atoms with E-state index in [9.17, 15) is 19.2 Å². The van der Waals surface area contributed by atoms with Crippen molar-refractivity contribution < 1.29 is 19.2 Å². The minimum absolute atomic E-state index is 0.167. The van der Waals surface area contributed by atoms with Gasteiger partial charge >= 0.3 is 0 Å². The molecule has 8 unspecified atom stereocenters. The zero-order valence-electron chi connectivity index (χ0n) is 21.2. The molecule has 4 heteroatoms. The standard InChI is InChI=1S/2C14H22O2/c2*1-9-12-8-11(10(2)15)4-6-14(12,3)7-5-13(9)16/h2*9,11-12H,4-8H2,1-3H3. The molecule has 4 fully saturated rings. The van der Waals surface area contributed by atoms with E-state index in [4.69, 9.17) is 0 Å². The highest BCUT2D eigenvalue weighted by Gasteiger charge is 2.49. The predicted molar refractivity (Wildman–Crippen MR) is 126 cm³/mol. The van der Waals surface area contributed by atoms with Crippen molar-refractivity contribution in [3.8, 4) is 0 Å². The fraction of sp³-hybridized carbons (Fsp3) is 0.857. The Balaban J connectivity index is 0.000000181. The van der Waals surface area contributed by atoms with Crippen LogP contribution in [-0.2, 0) is 19.2 Å². The molecule has 0 aromatic rings. The molecule has 4 nitrogen and oxygen atoms in total. The molecule has 4 saturated carbocycles. The molecule has 0 heterocycles. The summed E-state index contributed by atoms with van der Waals surface area (Å²) < 4.78 is 0. The predicted octanol–water partition coefficient (Wildman–Crippen LogP) is 5.99. The Morgan fingerprint density at radius 3 is 1.34 bits per heavy atom. The third-order valence-electron chi connectivity index (χ3n) is 10.3. The molecule has 0 radical (unpaired) electrons. The number of fused-ring (bicyclic) bond motifs is 2. The summed E-state index contributed by atoms with van der Waals surface area (Å²) in [5.41, 5.74) is 0.637. The maximum atomic E-state index is 11.8. The van der Waals surface area contributed by atoms with Gasteiger partial charge in [-0.15, -0.1) is 0 Å². The van der Waals surface area contributed by atoms with Gasteiger partial charge in [0.1, 0.15) is 23.1 Å². The number of hydrogen-bond acceptors (Lipinski definition) is 4. The summed E-state index contributed by atoms with van der Waals surface area (Å²) in [6, 6.07) is 0. The molecule has 0 N–H and O–H groups in total. The summed E-state index contributed by atoms with van der Waals surface area (Å²) in [6.07, 6.45) is 9.76. The molecule has 0 saturated heterocycles. The van der Waals surface area contributed by atoms with E-state index in [0.29, 0.717) is 45.8 Å². The molecular formula is C28H44O4. The van der Waals surface area contributed by atoms with Crippen LogP contribution in [0.1, 0.15) is 106 Å². The van der Waals surface area contributed by atoms with E-state index < -0.39 is 0 Å². The summed E-state index contributed by atoms with van der Waals surface area (Å²) in [5.74, 6) is 3.09. The van der Waals surface area contributed by atoms with Crippen molar-refractivity contribution >= 4 is 23.1 Å².